The van der Waals surface area contributed by atoms with Crippen LogP contribution in [0.25, 0.3) is 0 Å². The van der Waals surface area contributed by atoms with Gasteiger partial charge in [-0.1, -0.05) is 49.6 Å². The first-order valence-electron chi connectivity index (χ1n) is 9.78. The second kappa shape index (κ2) is 8.01. The lowest BCUT2D eigenvalue weighted by atomic mass is 9.83. The first-order chi connectivity index (χ1) is 13.4. The van der Waals surface area contributed by atoms with Crippen molar-refractivity contribution >= 4 is 17.8 Å². The number of hydrogen-bond acceptors (Lipinski definition) is 4. The summed E-state index contributed by atoms with van der Waals surface area (Å²) in [6, 6.07) is 11.4. The van der Waals surface area contributed by atoms with Gasteiger partial charge < -0.3 is 10.6 Å². The molecule has 0 spiro atoms. The molecule has 7 nitrogen and oxygen atoms in total. The van der Waals surface area contributed by atoms with Crippen LogP contribution >= 0.6 is 0 Å². The molecule has 2 N–H and O–H groups in total. The topological polar surface area (TPSA) is 102 Å². The summed E-state index contributed by atoms with van der Waals surface area (Å²) in [7, 11) is 0. The van der Waals surface area contributed by atoms with Crippen LogP contribution in [-0.4, -0.2) is 40.4 Å². The second-order valence-corrected chi connectivity index (χ2v) is 7.94. The number of amides is 4. The van der Waals surface area contributed by atoms with Gasteiger partial charge in [-0.15, -0.1) is 0 Å². The number of nitrogens with one attached hydrogen (secondary N) is 2. The minimum atomic E-state index is -1.04. The van der Waals surface area contributed by atoms with Crippen molar-refractivity contribution in [2.24, 2.45) is 0 Å². The lowest BCUT2D eigenvalue weighted by Gasteiger charge is -2.32. The Hall–Kier alpha value is -2.88. The van der Waals surface area contributed by atoms with Crippen molar-refractivity contribution in [2.75, 3.05) is 6.54 Å². The van der Waals surface area contributed by atoms with E-state index in [1.165, 1.54) is 0 Å². The summed E-state index contributed by atoms with van der Waals surface area (Å²) < 4.78 is 0. The van der Waals surface area contributed by atoms with E-state index in [1.54, 1.807) is 6.92 Å². The van der Waals surface area contributed by atoms with Gasteiger partial charge >= 0.3 is 6.03 Å². The summed E-state index contributed by atoms with van der Waals surface area (Å²) in [5, 5.41) is 15.0. The van der Waals surface area contributed by atoms with E-state index < -0.39 is 28.9 Å². The van der Waals surface area contributed by atoms with E-state index in [2.05, 4.69) is 16.7 Å². The van der Waals surface area contributed by atoms with Crippen LogP contribution in [0.5, 0.6) is 0 Å². The van der Waals surface area contributed by atoms with Crippen LogP contribution < -0.4 is 10.6 Å². The van der Waals surface area contributed by atoms with E-state index in [-0.39, 0.29) is 6.54 Å². The number of benzene rings is 1. The normalized spacial score (nSPS) is 23.8. The van der Waals surface area contributed by atoms with E-state index in [9.17, 15) is 19.6 Å². The van der Waals surface area contributed by atoms with Crippen molar-refractivity contribution in [3.63, 3.8) is 0 Å². The molecule has 1 aliphatic heterocycles. The largest absolute Gasteiger partial charge is 0.336 e. The lowest BCUT2D eigenvalue weighted by Crippen LogP contribution is -2.52. The number of rotatable bonds is 6. The molecule has 0 bridgehead atoms. The van der Waals surface area contributed by atoms with Crippen molar-refractivity contribution < 1.29 is 14.4 Å². The molecule has 0 radical (unpaired) electrons. The lowest BCUT2D eigenvalue weighted by molar-refractivity contribution is -0.135. The zero-order chi connectivity index (χ0) is 20.2. The van der Waals surface area contributed by atoms with Gasteiger partial charge in [0, 0.05) is 0 Å². The Kier molecular flexibility index (Phi) is 5.68. The molecule has 0 unspecified atom stereocenters. The highest BCUT2D eigenvalue weighted by Crippen LogP contribution is 2.28. The van der Waals surface area contributed by atoms with Crippen molar-refractivity contribution in [1.82, 2.24) is 15.5 Å². The molecule has 4 amide bonds. The number of nitrogens with zero attached hydrogens (tertiary/aromatic N) is 2. The molecule has 28 heavy (non-hydrogen) atoms. The molecule has 2 aliphatic rings. The first kappa shape index (κ1) is 19.9. The predicted molar refractivity (Wildman–Crippen MR) is 103 cm³/mol. The first-order valence-corrected chi connectivity index (χ1v) is 9.78. The van der Waals surface area contributed by atoms with Crippen molar-refractivity contribution in [3.8, 4) is 6.07 Å². The molecule has 1 aromatic rings. The Balaban J connectivity index is 1.61. The number of aryl methyl sites for hydroxylation is 1. The minimum Gasteiger partial charge on any atom is -0.336 e. The molecule has 0 aromatic heterocycles. The smallest absolute Gasteiger partial charge is 0.325 e. The quantitative estimate of drug-likeness (QED) is 0.737. The monoisotopic (exact) mass is 382 g/mol. The molecule has 7 heteroatoms. The number of hydrogen-bond donors (Lipinski definition) is 2. The Labute approximate surface area is 165 Å². The van der Waals surface area contributed by atoms with Gasteiger partial charge in [0.25, 0.3) is 5.91 Å². The number of carbonyl (C=O) groups is 3. The predicted octanol–water partition coefficient (Wildman–Crippen LogP) is 2.27. The molecule has 2 fully saturated rings. The van der Waals surface area contributed by atoms with Gasteiger partial charge in [0.2, 0.25) is 5.91 Å². The maximum Gasteiger partial charge on any atom is 0.325 e. The zero-order valence-electron chi connectivity index (χ0n) is 16.2. The zero-order valence-corrected chi connectivity index (χ0v) is 16.2. The number of carbonyl (C=O) groups excluding carboxylic acids is 3. The molecule has 148 valence electrons. The molecular weight excluding hydrogens is 356 g/mol. The van der Waals surface area contributed by atoms with Crippen molar-refractivity contribution in [3.05, 3.63) is 35.9 Å². The average molecular weight is 382 g/mol. The highest BCUT2D eigenvalue weighted by atomic mass is 16.2. The standard InChI is InChI=1S/C21H26N4O3/c1-20(13-10-16-8-4-2-5-9-16)18(27)25(19(28)24-20)14-17(26)23-21(15-22)11-6-3-7-12-21/h2,4-5,8-9H,3,6-7,10-14H2,1H3,(H,23,26)(H,24,28)/t20-/m1/s1. The van der Waals surface area contributed by atoms with Crippen molar-refractivity contribution in [1.29, 1.82) is 5.26 Å². The molecule has 1 heterocycles. The SMILES string of the molecule is C[C@]1(CCc2ccccc2)NC(=O)N(CC(=O)NC2(C#N)CCCCC2)C1=O. The van der Waals surface area contributed by atoms with Gasteiger partial charge in [0.15, 0.2) is 0 Å². The van der Waals surface area contributed by atoms with Crippen LogP contribution in [0, 0.1) is 11.3 Å². The molecule has 1 saturated carbocycles. The van der Waals surface area contributed by atoms with Gasteiger partial charge in [0.05, 0.1) is 6.07 Å². The number of urea groups is 1. The third-order valence-electron chi connectivity index (χ3n) is 5.70. The summed E-state index contributed by atoms with van der Waals surface area (Å²) in [5.74, 6) is -0.877. The Morgan fingerprint density at radius 3 is 2.54 bits per heavy atom. The summed E-state index contributed by atoms with van der Waals surface area (Å²) in [6.45, 7) is 1.32. The molecule has 1 atom stereocenters. The Bertz CT molecular complexity index is 796. The van der Waals surface area contributed by atoms with Crippen LogP contribution in [0.15, 0.2) is 30.3 Å². The molecule has 1 saturated heterocycles. The summed E-state index contributed by atoms with van der Waals surface area (Å²) in [6.07, 6.45) is 5.10. The average Bonchev–Trinajstić information content (AvgIpc) is 2.91. The highest BCUT2D eigenvalue weighted by Gasteiger charge is 2.48. The number of imide groups is 1. The molecule has 1 aromatic carbocycles. The van der Waals surface area contributed by atoms with E-state index >= 15 is 0 Å². The van der Waals surface area contributed by atoms with Gasteiger partial charge in [-0.3, -0.25) is 14.5 Å². The maximum absolute atomic E-state index is 12.8. The third kappa shape index (κ3) is 4.16. The van der Waals surface area contributed by atoms with Gasteiger partial charge in [-0.05, 0) is 38.2 Å². The van der Waals surface area contributed by atoms with Crippen LogP contribution in [0.2, 0.25) is 0 Å². The van der Waals surface area contributed by atoms with E-state index in [0.717, 1.165) is 29.7 Å². The Morgan fingerprint density at radius 1 is 1.21 bits per heavy atom. The molecule has 1 aliphatic carbocycles. The summed E-state index contributed by atoms with van der Waals surface area (Å²) >= 11 is 0. The molecule has 3 rings (SSSR count). The number of nitriles is 1. The highest BCUT2D eigenvalue weighted by molar-refractivity contribution is 6.08. The Morgan fingerprint density at radius 2 is 1.89 bits per heavy atom. The fourth-order valence-electron chi connectivity index (χ4n) is 3.97. The van der Waals surface area contributed by atoms with Gasteiger partial charge in [-0.2, -0.15) is 5.26 Å². The second-order valence-electron chi connectivity index (χ2n) is 7.94. The van der Waals surface area contributed by atoms with E-state index in [0.29, 0.717) is 25.7 Å². The van der Waals surface area contributed by atoms with Crippen LogP contribution in [0.3, 0.4) is 0 Å². The van der Waals surface area contributed by atoms with E-state index in [4.69, 9.17) is 0 Å². The summed E-state index contributed by atoms with van der Waals surface area (Å²) in [5.41, 5.74) is -0.842. The maximum atomic E-state index is 12.8. The fourth-order valence-corrected chi connectivity index (χ4v) is 3.97. The van der Waals surface area contributed by atoms with Gasteiger partial charge in [-0.25, -0.2) is 4.79 Å². The minimum absolute atomic E-state index is 0.366. The van der Waals surface area contributed by atoms with Crippen molar-refractivity contribution in [2.45, 2.75) is 62.9 Å². The van der Waals surface area contributed by atoms with Crippen LogP contribution in [0.4, 0.5) is 4.79 Å². The molecular formula is C21H26N4O3. The van der Waals surface area contributed by atoms with Crippen LogP contribution in [0.1, 0.15) is 51.0 Å². The fraction of sp³-hybridized carbons (Fsp3) is 0.524. The van der Waals surface area contributed by atoms with Gasteiger partial charge in [0.1, 0.15) is 17.6 Å². The van der Waals surface area contributed by atoms with E-state index in [1.807, 2.05) is 30.3 Å². The summed E-state index contributed by atoms with van der Waals surface area (Å²) in [4.78, 5) is 38.6. The third-order valence-corrected chi connectivity index (χ3v) is 5.70. The van der Waals surface area contributed by atoms with Crippen LogP contribution in [-0.2, 0) is 16.0 Å².